The second-order valence-electron chi connectivity index (χ2n) is 3.00. The van der Waals surface area contributed by atoms with Crippen LogP contribution in [0.2, 0.25) is 0 Å². The molecule has 0 amide bonds. The topological polar surface area (TPSA) is 0 Å². The van der Waals surface area contributed by atoms with E-state index in [2.05, 4.69) is 40.4 Å². The molecule has 0 aliphatic carbocycles. The third-order valence-corrected chi connectivity index (χ3v) is 3.74. The van der Waals surface area contributed by atoms with Crippen molar-refractivity contribution in [3.05, 3.63) is 22.4 Å². The van der Waals surface area contributed by atoms with Gasteiger partial charge in [-0.25, -0.2) is 0 Å². The fourth-order valence-corrected chi connectivity index (χ4v) is 2.62. The molecule has 1 heterocycles. The molecule has 0 spiro atoms. The van der Waals surface area contributed by atoms with Crippen molar-refractivity contribution in [3.8, 4) is 0 Å². The van der Waals surface area contributed by atoms with E-state index in [0.717, 1.165) is 0 Å². The number of hydrogen-bond donors (Lipinski definition) is 0. The fourth-order valence-electron chi connectivity index (χ4n) is 1.21. The van der Waals surface area contributed by atoms with Gasteiger partial charge in [-0.3, -0.25) is 0 Å². The van der Waals surface area contributed by atoms with E-state index >= 15 is 0 Å². The van der Waals surface area contributed by atoms with Gasteiger partial charge in [0, 0.05) is 9.70 Å². The lowest BCUT2D eigenvalue weighted by Gasteiger charge is -2.05. The number of rotatable bonds is 5. The van der Waals surface area contributed by atoms with E-state index in [1.807, 2.05) is 11.3 Å². The van der Waals surface area contributed by atoms with Crippen LogP contribution in [0.3, 0.4) is 0 Å². The van der Waals surface area contributed by atoms with Gasteiger partial charge >= 0.3 is 0 Å². The van der Waals surface area contributed by atoms with Crippen molar-refractivity contribution in [1.82, 2.24) is 0 Å². The van der Waals surface area contributed by atoms with Crippen LogP contribution in [0.15, 0.2) is 17.5 Å². The van der Waals surface area contributed by atoms with Crippen molar-refractivity contribution >= 4 is 27.3 Å². The van der Waals surface area contributed by atoms with Gasteiger partial charge in [-0.1, -0.05) is 35.3 Å². The molecule has 1 rings (SSSR count). The first-order chi connectivity index (χ1) is 5.83. The highest BCUT2D eigenvalue weighted by molar-refractivity contribution is 9.09. The Hall–Kier alpha value is 0.180. The lowest BCUT2D eigenvalue weighted by Crippen LogP contribution is -1.98. The Balaban J connectivity index is 2.17. The zero-order valence-corrected chi connectivity index (χ0v) is 9.83. The van der Waals surface area contributed by atoms with E-state index in [4.69, 9.17) is 0 Å². The molecule has 0 aromatic carbocycles. The molecule has 0 radical (unpaired) electrons. The Labute approximate surface area is 87.1 Å². The summed E-state index contributed by atoms with van der Waals surface area (Å²) >= 11 is 5.55. The maximum atomic E-state index is 3.69. The van der Waals surface area contributed by atoms with Gasteiger partial charge in [0.15, 0.2) is 0 Å². The molecule has 0 N–H and O–H groups in total. The zero-order valence-electron chi connectivity index (χ0n) is 7.42. The average molecular weight is 247 g/mol. The summed E-state index contributed by atoms with van der Waals surface area (Å²) in [5, 5.41) is 2.15. The van der Waals surface area contributed by atoms with Crippen LogP contribution < -0.4 is 0 Å². The third kappa shape index (κ3) is 3.72. The summed E-state index contributed by atoms with van der Waals surface area (Å²) in [6.45, 7) is 2.24. The lowest BCUT2D eigenvalue weighted by molar-refractivity contribution is 0.697. The zero-order chi connectivity index (χ0) is 8.81. The summed E-state index contributed by atoms with van der Waals surface area (Å²) in [7, 11) is 0. The van der Waals surface area contributed by atoms with Crippen LogP contribution >= 0.6 is 27.3 Å². The highest BCUT2D eigenvalue weighted by Gasteiger charge is 2.02. The summed E-state index contributed by atoms with van der Waals surface area (Å²) < 4.78 is 0. The number of halogens is 1. The quantitative estimate of drug-likeness (QED) is 0.682. The van der Waals surface area contributed by atoms with Crippen LogP contribution in [0, 0.1) is 0 Å². The van der Waals surface area contributed by atoms with Gasteiger partial charge in [-0.05, 0) is 30.7 Å². The number of thiophene rings is 1. The molecule has 0 aliphatic rings. The molecule has 1 aromatic rings. The first-order valence-corrected chi connectivity index (χ1v) is 6.29. The van der Waals surface area contributed by atoms with E-state index in [9.17, 15) is 0 Å². The van der Waals surface area contributed by atoms with E-state index in [0.29, 0.717) is 4.83 Å². The molecule has 1 unspecified atom stereocenters. The smallest absolute Gasteiger partial charge is 0.0149 e. The maximum absolute atomic E-state index is 3.69. The number of aryl methyl sites for hydroxylation is 1. The van der Waals surface area contributed by atoms with Crippen LogP contribution in [-0.4, -0.2) is 4.83 Å². The summed E-state index contributed by atoms with van der Waals surface area (Å²) in [6.07, 6.45) is 5.08. The molecule has 0 aliphatic heterocycles. The molecule has 1 aromatic heterocycles. The summed E-state index contributed by atoms with van der Waals surface area (Å²) in [4.78, 5) is 2.22. The van der Waals surface area contributed by atoms with Gasteiger partial charge in [-0.15, -0.1) is 11.3 Å². The Bertz CT molecular complexity index is 194. The van der Waals surface area contributed by atoms with Crippen molar-refractivity contribution in [2.24, 2.45) is 0 Å². The lowest BCUT2D eigenvalue weighted by atomic mass is 10.1. The first-order valence-electron chi connectivity index (χ1n) is 4.49. The Morgan fingerprint density at radius 3 is 2.92 bits per heavy atom. The summed E-state index contributed by atoms with van der Waals surface area (Å²) in [5.41, 5.74) is 0. The highest BCUT2D eigenvalue weighted by atomic mass is 79.9. The Kier molecular flexibility index (Phi) is 4.93. The minimum atomic E-state index is 0.713. The standard InChI is InChI=1S/C10H15BrS/c1-2-4-9(11)6-7-10-5-3-8-12-10/h3,5,8-9H,2,4,6-7H2,1H3. The van der Waals surface area contributed by atoms with Gasteiger partial charge in [0.2, 0.25) is 0 Å². The highest BCUT2D eigenvalue weighted by Crippen LogP contribution is 2.18. The fraction of sp³-hybridized carbons (Fsp3) is 0.600. The molecule has 12 heavy (non-hydrogen) atoms. The molecule has 0 saturated heterocycles. The Morgan fingerprint density at radius 2 is 2.33 bits per heavy atom. The van der Waals surface area contributed by atoms with E-state index < -0.39 is 0 Å². The largest absolute Gasteiger partial charge is 0.149 e. The van der Waals surface area contributed by atoms with E-state index in [1.165, 1.54) is 30.6 Å². The summed E-state index contributed by atoms with van der Waals surface area (Å²) in [5.74, 6) is 0. The predicted molar refractivity (Wildman–Crippen MR) is 60.3 cm³/mol. The number of hydrogen-bond acceptors (Lipinski definition) is 1. The minimum absolute atomic E-state index is 0.713. The predicted octanol–water partition coefficient (Wildman–Crippen LogP) is 4.24. The SMILES string of the molecule is CCCC(Br)CCc1cccs1. The van der Waals surface area contributed by atoms with Crippen LogP contribution in [0.4, 0.5) is 0 Å². The van der Waals surface area contributed by atoms with Gasteiger partial charge < -0.3 is 0 Å². The van der Waals surface area contributed by atoms with Crippen LogP contribution in [0.1, 0.15) is 31.1 Å². The van der Waals surface area contributed by atoms with Crippen LogP contribution in [-0.2, 0) is 6.42 Å². The maximum Gasteiger partial charge on any atom is 0.0149 e. The van der Waals surface area contributed by atoms with Crippen molar-refractivity contribution in [1.29, 1.82) is 0 Å². The molecule has 0 fully saturated rings. The minimum Gasteiger partial charge on any atom is -0.149 e. The first kappa shape index (κ1) is 10.3. The Morgan fingerprint density at radius 1 is 1.50 bits per heavy atom. The van der Waals surface area contributed by atoms with E-state index in [1.54, 1.807) is 0 Å². The van der Waals surface area contributed by atoms with Crippen LogP contribution in [0.25, 0.3) is 0 Å². The van der Waals surface area contributed by atoms with Crippen LogP contribution in [0.5, 0.6) is 0 Å². The molecule has 0 nitrogen and oxygen atoms in total. The van der Waals surface area contributed by atoms with Gasteiger partial charge in [0.1, 0.15) is 0 Å². The van der Waals surface area contributed by atoms with Crippen molar-refractivity contribution in [2.75, 3.05) is 0 Å². The molecule has 1 atom stereocenters. The van der Waals surface area contributed by atoms with Crippen molar-refractivity contribution in [3.63, 3.8) is 0 Å². The third-order valence-electron chi connectivity index (χ3n) is 1.89. The monoisotopic (exact) mass is 246 g/mol. The average Bonchev–Trinajstić information content (AvgIpc) is 2.53. The van der Waals surface area contributed by atoms with Gasteiger partial charge in [0.25, 0.3) is 0 Å². The normalized spacial score (nSPS) is 13.2. The summed E-state index contributed by atoms with van der Waals surface area (Å²) in [6, 6.07) is 4.35. The molecule has 2 heteroatoms. The second-order valence-corrected chi connectivity index (χ2v) is 5.33. The molecular weight excluding hydrogens is 232 g/mol. The molecule has 68 valence electrons. The van der Waals surface area contributed by atoms with E-state index in [-0.39, 0.29) is 0 Å². The number of alkyl halides is 1. The molecule has 0 saturated carbocycles. The molecule has 0 bridgehead atoms. The van der Waals surface area contributed by atoms with Crippen molar-refractivity contribution in [2.45, 2.75) is 37.4 Å². The molecular formula is C10H15BrS. The second kappa shape index (κ2) is 5.76. The van der Waals surface area contributed by atoms with Gasteiger partial charge in [0.05, 0.1) is 0 Å². The van der Waals surface area contributed by atoms with Gasteiger partial charge in [-0.2, -0.15) is 0 Å². The van der Waals surface area contributed by atoms with Crippen molar-refractivity contribution < 1.29 is 0 Å².